The molecule has 0 aliphatic rings. The molecule has 0 atom stereocenters. The Morgan fingerprint density at radius 2 is 2.07 bits per heavy atom. The van der Waals surface area contributed by atoms with Gasteiger partial charge in [-0.3, -0.25) is 0 Å². The standard InChI is InChI=1S/C11H15NO2/c1-8-5-4-6-9(7-8)12-11(2,3)10(13)14/h4-7,12H,1-3H3,(H,13,14). The van der Waals surface area contributed by atoms with Crippen LogP contribution in [0.25, 0.3) is 0 Å². The SMILES string of the molecule is Cc1cccc(NC(C)(C)C(=O)O)c1. The quantitative estimate of drug-likeness (QED) is 0.774. The maximum absolute atomic E-state index is 10.8. The summed E-state index contributed by atoms with van der Waals surface area (Å²) >= 11 is 0. The minimum absolute atomic E-state index is 0.831. The van der Waals surface area contributed by atoms with Crippen LogP contribution in [0.2, 0.25) is 0 Å². The predicted molar refractivity (Wildman–Crippen MR) is 56.5 cm³/mol. The first-order valence-corrected chi connectivity index (χ1v) is 4.50. The molecule has 1 aromatic rings. The van der Waals surface area contributed by atoms with Gasteiger partial charge in [0.1, 0.15) is 5.54 Å². The van der Waals surface area contributed by atoms with Crippen molar-refractivity contribution in [3.8, 4) is 0 Å². The van der Waals surface area contributed by atoms with Gasteiger partial charge in [0.25, 0.3) is 0 Å². The highest BCUT2D eigenvalue weighted by molar-refractivity contribution is 5.81. The Balaban J connectivity index is 2.83. The van der Waals surface area contributed by atoms with Gasteiger partial charge in [-0.2, -0.15) is 0 Å². The van der Waals surface area contributed by atoms with Gasteiger partial charge < -0.3 is 10.4 Å². The molecule has 0 saturated heterocycles. The number of aliphatic carboxylic acids is 1. The third-order valence-electron chi connectivity index (χ3n) is 2.01. The fourth-order valence-electron chi connectivity index (χ4n) is 1.14. The Hall–Kier alpha value is -1.51. The van der Waals surface area contributed by atoms with Crippen LogP contribution in [-0.4, -0.2) is 16.6 Å². The number of anilines is 1. The lowest BCUT2D eigenvalue weighted by molar-refractivity contribution is -0.141. The van der Waals surface area contributed by atoms with Crippen LogP contribution >= 0.6 is 0 Å². The lowest BCUT2D eigenvalue weighted by Crippen LogP contribution is -2.39. The van der Waals surface area contributed by atoms with Crippen molar-refractivity contribution in [2.75, 3.05) is 5.32 Å². The highest BCUT2D eigenvalue weighted by Gasteiger charge is 2.26. The van der Waals surface area contributed by atoms with Crippen LogP contribution in [-0.2, 0) is 4.79 Å². The van der Waals surface area contributed by atoms with E-state index in [9.17, 15) is 4.79 Å². The zero-order chi connectivity index (χ0) is 10.8. The molecule has 0 bridgehead atoms. The first kappa shape index (κ1) is 10.6. The van der Waals surface area contributed by atoms with Crippen molar-refractivity contribution in [2.45, 2.75) is 26.3 Å². The Labute approximate surface area is 83.8 Å². The molecule has 2 N–H and O–H groups in total. The van der Waals surface area contributed by atoms with Crippen molar-refractivity contribution >= 4 is 11.7 Å². The third-order valence-corrected chi connectivity index (χ3v) is 2.01. The van der Waals surface area contributed by atoms with E-state index in [4.69, 9.17) is 5.11 Å². The van der Waals surface area contributed by atoms with Gasteiger partial charge in [0.2, 0.25) is 0 Å². The van der Waals surface area contributed by atoms with Gasteiger partial charge in [0.05, 0.1) is 0 Å². The number of carbonyl (C=O) groups is 1. The van der Waals surface area contributed by atoms with Gasteiger partial charge in [-0.15, -0.1) is 0 Å². The zero-order valence-corrected chi connectivity index (χ0v) is 8.66. The molecule has 0 saturated carbocycles. The van der Waals surface area contributed by atoms with E-state index in [0.717, 1.165) is 11.3 Å². The molecule has 0 aromatic heterocycles. The van der Waals surface area contributed by atoms with Crippen molar-refractivity contribution in [3.63, 3.8) is 0 Å². The summed E-state index contributed by atoms with van der Waals surface area (Å²) in [5.74, 6) is -0.862. The summed E-state index contributed by atoms with van der Waals surface area (Å²) in [6.45, 7) is 5.24. The monoisotopic (exact) mass is 193 g/mol. The van der Waals surface area contributed by atoms with Crippen LogP contribution in [0.15, 0.2) is 24.3 Å². The Kier molecular flexibility index (Phi) is 2.79. The number of hydrogen-bond donors (Lipinski definition) is 2. The normalized spacial score (nSPS) is 11.1. The second-order valence-electron chi connectivity index (χ2n) is 3.92. The number of rotatable bonds is 3. The molecule has 1 aromatic carbocycles. The molecule has 14 heavy (non-hydrogen) atoms. The Morgan fingerprint density at radius 1 is 1.43 bits per heavy atom. The van der Waals surface area contributed by atoms with Crippen LogP contribution in [0.3, 0.4) is 0 Å². The molecule has 0 radical (unpaired) electrons. The molecule has 0 aliphatic heterocycles. The molecule has 3 nitrogen and oxygen atoms in total. The number of carboxylic acids is 1. The largest absolute Gasteiger partial charge is 0.480 e. The first-order chi connectivity index (χ1) is 6.42. The van der Waals surface area contributed by atoms with Crippen molar-refractivity contribution < 1.29 is 9.90 Å². The van der Waals surface area contributed by atoms with E-state index in [0.29, 0.717) is 0 Å². The number of carboxylic acid groups (broad SMARTS) is 1. The van der Waals surface area contributed by atoms with Crippen LogP contribution < -0.4 is 5.32 Å². The van der Waals surface area contributed by atoms with Gasteiger partial charge in [-0.1, -0.05) is 12.1 Å². The van der Waals surface area contributed by atoms with E-state index in [-0.39, 0.29) is 0 Å². The average molecular weight is 193 g/mol. The lowest BCUT2D eigenvalue weighted by atomic mass is 10.1. The lowest BCUT2D eigenvalue weighted by Gasteiger charge is -2.22. The summed E-state index contributed by atoms with van der Waals surface area (Å²) in [5, 5.41) is 11.9. The molecule has 0 fully saturated rings. The topological polar surface area (TPSA) is 49.3 Å². The number of hydrogen-bond acceptors (Lipinski definition) is 2. The fraction of sp³-hybridized carbons (Fsp3) is 0.364. The van der Waals surface area contributed by atoms with Crippen LogP contribution in [0.1, 0.15) is 19.4 Å². The highest BCUT2D eigenvalue weighted by atomic mass is 16.4. The van der Waals surface area contributed by atoms with E-state index in [1.807, 2.05) is 31.2 Å². The first-order valence-electron chi connectivity index (χ1n) is 4.50. The summed E-state index contributed by atoms with van der Waals surface area (Å²) in [6, 6.07) is 7.65. The molecule has 0 aliphatic carbocycles. The average Bonchev–Trinajstić information content (AvgIpc) is 2.02. The second-order valence-corrected chi connectivity index (χ2v) is 3.92. The third kappa shape index (κ3) is 2.49. The van der Waals surface area contributed by atoms with Gasteiger partial charge in [-0.25, -0.2) is 4.79 Å². The van der Waals surface area contributed by atoms with E-state index >= 15 is 0 Å². The molecule has 3 heteroatoms. The maximum atomic E-state index is 10.8. The zero-order valence-electron chi connectivity index (χ0n) is 8.66. The molecular weight excluding hydrogens is 178 g/mol. The van der Waals surface area contributed by atoms with Crippen molar-refractivity contribution in [1.82, 2.24) is 0 Å². The van der Waals surface area contributed by atoms with Gasteiger partial charge >= 0.3 is 5.97 Å². The van der Waals surface area contributed by atoms with E-state index in [2.05, 4.69) is 5.32 Å². The van der Waals surface area contributed by atoms with Crippen molar-refractivity contribution in [1.29, 1.82) is 0 Å². The van der Waals surface area contributed by atoms with Crippen LogP contribution in [0, 0.1) is 6.92 Å². The molecule has 0 unspecified atom stereocenters. The van der Waals surface area contributed by atoms with E-state index in [1.165, 1.54) is 0 Å². The summed E-state index contributed by atoms with van der Waals surface area (Å²) in [4.78, 5) is 10.8. The minimum atomic E-state index is -0.937. The predicted octanol–water partition coefficient (Wildman–Crippen LogP) is 2.27. The molecule has 1 rings (SSSR count). The highest BCUT2D eigenvalue weighted by Crippen LogP contribution is 2.16. The van der Waals surface area contributed by atoms with E-state index < -0.39 is 11.5 Å². The minimum Gasteiger partial charge on any atom is -0.480 e. The van der Waals surface area contributed by atoms with Crippen molar-refractivity contribution in [2.24, 2.45) is 0 Å². The number of aryl methyl sites for hydroxylation is 1. The van der Waals surface area contributed by atoms with Gasteiger partial charge in [0.15, 0.2) is 0 Å². The molecular formula is C11H15NO2. The summed E-state index contributed by atoms with van der Waals surface area (Å²) < 4.78 is 0. The number of nitrogens with one attached hydrogen (secondary N) is 1. The van der Waals surface area contributed by atoms with Gasteiger partial charge in [-0.05, 0) is 38.5 Å². The Morgan fingerprint density at radius 3 is 2.57 bits per heavy atom. The summed E-state index contributed by atoms with van der Waals surface area (Å²) in [6.07, 6.45) is 0. The fourth-order valence-corrected chi connectivity index (χ4v) is 1.14. The van der Waals surface area contributed by atoms with Crippen LogP contribution in [0.4, 0.5) is 5.69 Å². The molecule has 76 valence electrons. The number of benzene rings is 1. The maximum Gasteiger partial charge on any atom is 0.328 e. The Bertz CT molecular complexity index is 345. The summed E-state index contributed by atoms with van der Waals surface area (Å²) in [5.41, 5.74) is 1.00. The van der Waals surface area contributed by atoms with Crippen LogP contribution in [0.5, 0.6) is 0 Å². The van der Waals surface area contributed by atoms with Crippen molar-refractivity contribution in [3.05, 3.63) is 29.8 Å². The second kappa shape index (κ2) is 3.70. The van der Waals surface area contributed by atoms with E-state index in [1.54, 1.807) is 13.8 Å². The molecule has 0 heterocycles. The molecule has 0 spiro atoms. The van der Waals surface area contributed by atoms with Gasteiger partial charge in [0, 0.05) is 5.69 Å². The summed E-state index contributed by atoms with van der Waals surface area (Å²) in [7, 11) is 0. The molecule has 0 amide bonds. The smallest absolute Gasteiger partial charge is 0.328 e.